The molecule has 0 saturated carbocycles. The third kappa shape index (κ3) is 2.62. The van der Waals surface area contributed by atoms with Crippen LogP contribution >= 0.6 is 12.2 Å². The maximum absolute atomic E-state index is 5.74. The van der Waals surface area contributed by atoms with Gasteiger partial charge in [-0.2, -0.15) is 0 Å². The number of nitrogens with zero attached hydrogens (tertiary/aromatic N) is 3. The maximum Gasteiger partial charge on any atom is 0.220 e. The van der Waals surface area contributed by atoms with E-state index in [2.05, 4.69) is 22.0 Å². The standard InChI is InChI=1S/C10H19N5S/c1-8(6-14-4-2-3-5-14)7-15-9(11)12-13-10(15)16/h8H,2-7H2,1H3,(H2,11,12)(H,13,16). The minimum atomic E-state index is 0.485. The quantitative estimate of drug-likeness (QED) is 0.779. The van der Waals surface area contributed by atoms with Crippen LogP contribution < -0.4 is 5.73 Å². The van der Waals surface area contributed by atoms with Gasteiger partial charge in [0.2, 0.25) is 5.95 Å². The van der Waals surface area contributed by atoms with Crippen LogP contribution in [0.1, 0.15) is 19.8 Å². The van der Waals surface area contributed by atoms with Crippen molar-refractivity contribution >= 4 is 18.2 Å². The summed E-state index contributed by atoms with van der Waals surface area (Å²) in [5.74, 6) is 1.03. The Hall–Kier alpha value is -0.880. The average Bonchev–Trinajstić information content (AvgIpc) is 2.83. The summed E-state index contributed by atoms with van der Waals surface area (Å²) >= 11 is 5.13. The van der Waals surface area contributed by atoms with Gasteiger partial charge in [-0.3, -0.25) is 4.57 Å². The Bertz CT molecular complexity index is 390. The van der Waals surface area contributed by atoms with Crippen molar-refractivity contribution in [2.24, 2.45) is 5.92 Å². The first-order valence-electron chi connectivity index (χ1n) is 5.80. The van der Waals surface area contributed by atoms with Gasteiger partial charge < -0.3 is 10.6 Å². The van der Waals surface area contributed by atoms with Gasteiger partial charge in [0.25, 0.3) is 0 Å². The minimum absolute atomic E-state index is 0.485. The molecule has 0 amide bonds. The molecule has 2 rings (SSSR count). The molecule has 1 unspecified atom stereocenters. The Kier molecular flexibility index (Phi) is 3.60. The van der Waals surface area contributed by atoms with E-state index < -0.39 is 0 Å². The molecule has 3 N–H and O–H groups in total. The number of aromatic nitrogens is 3. The molecule has 16 heavy (non-hydrogen) atoms. The minimum Gasteiger partial charge on any atom is -0.368 e. The number of nitrogens with one attached hydrogen (secondary N) is 1. The van der Waals surface area contributed by atoms with Gasteiger partial charge in [-0.1, -0.05) is 6.92 Å². The largest absolute Gasteiger partial charge is 0.368 e. The van der Waals surface area contributed by atoms with Gasteiger partial charge in [0.1, 0.15) is 0 Å². The van der Waals surface area contributed by atoms with Crippen molar-refractivity contribution in [3.05, 3.63) is 4.77 Å². The van der Waals surface area contributed by atoms with Crippen LogP contribution in [0.3, 0.4) is 0 Å². The van der Waals surface area contributed by atoms with Crippen LogP contribution in [0.15, 0.2) is 0 Å². The Balaban J connectivity index is 1.91. The summed E-state index contributed by atoms with van der Waals surface area (Å²) in [7, 11) is 0. The molecule has 5 nitrogen and oxygen atoms in total. The lowest BCUT2D eigenvalue weighted by molar-refractivity contribution is 0.272. The van der Waals surface area contributed by atoms with E-state index >= 15 is 0 Å². The zero-order valence-corrected chi connectivity index (χ0v) is 10.5. The second-order valence-electron chi connectivity index (χ2n) is 4.61. The molecule has 0 aliphatic carbocycles. The third-order valence-electron chi connectivity index (χ3n) is 3.05. The highest BCUT2D eigenvalue weighted by atomic mass is 32.1. The van der Waals surface area contributed by atoms with Crippen LogP contribution in [0.2, 0.25) is 0 Å². The number of aromatic amines is 1. The first-order chi connectivity index (χ1) is 7.66. The van der Waals surface area contributed by atoms with E-state index in [1.807, 2.05) is 4.57 Å². The van der Waals surface area contributed by atoms with Crippen LogP contribution in [0.25, 0.3) is 0 Å². The zero-order valence-electron chi connectivity index (χ0n) is 9.65. The number of anilines is 1. The lowest BCUT2D eigenvalue weighted by Gasteiger charge is -2.20. The molecule has 1 saturated heterocycles. The summed E-state index contributed by atoms with van der Waals surface area (Å²) < 4.78 is 2.49. The number of hydrogen-bond acceptors (Lipinski definition) is 4. The summed E-state index contributed by atoms with van der Waals surface area (Å²) in [6, 6.07) is 0. The predicted octanol–water partition coefficient (Wildman–Crippen LogP) is 1.25. The van der Waals surface area contributed by atoms with E-state index in [1.165, 1.54) is 25.9 Å². The number of likely N-dealkylation sites (tertiary alicyclic amines) is 1. The van der Waals surface area contributed by atoms with E-state index in [0.717, 1.165) is 13.1 Å². The Morgan fingerprint density at radius 3 is 2.69 bits per heavy atom. The molecular weight excluding hydrogens is 222 g/mol. The van der Waals surface area contributed by atoms with Crippen molar-refractivity contribution in [2.45, 2.75) is 26.3 Å². The average molecular weight is 241 g/mol. The molecular formula is C10H19N5S. The van der Waals surface area contributed by atoms with Crippen LogP contribution in [0, 0.1) is 10.7 Å². The van der Waals surface area contributed by atoms with Gasteiger partial charge in [0, 0.05) is 13.1 Å². The molecule has 1 aliphatic rings. The van der Waals surface area contributed by atoms with Crippen molar-refractivity contribution in [1.82, 2.24) is 19.7 Å². The van der Waals surface area contributed by atoms with E-state index in [-0.39, 0.29) is 0 Å². The van der Waals surface area contributed by atoms with Gasteiger partial charge in [0.15, 0.2) is 4.77 Å². The van der Waals surface area contributed by atoms with Gasteiger partial charge >= 0.3 is 0 Å². The molecule has 0 aromatic carbocycles. The number of nitrogens with two attached hydrogens (primary N) is 1. The maximum atomic E-state index is 5.74. The number of rotatable bonds is 4. The first-order valence-corrected chi connectivity index (χ1v) is 6.20. The zero-order chi connectivity index (χ0) is 11.5. The molecule has 1 aromatic heterocycles. The lowest BCUT2D eigenvalue weighted by atomic mass is 10.1. The monoisotopic (exact) mass is 241 g/mol. The van der Waals surface area contributed by atoms with Crippen LogP contribution in [0.5, 0.6) is 0 Å². The highest BCUT2D eigenvalue weighted by Crippen LogP contribution is 2.12. The van der Waals surface area contributed by atoms with Crippen molar-refractivity contribution in [3.8, 4) is 0 Å². The summed E-state index contributed by atoms with van der Waals surface area (Å²) in [6.45, 7) is 6.66. The van der Waals surface area contributed by atoms with Gasteiger partial charge in [-0.15, -0.1) is 5.10 Å². The highest BCUT2D eigenvalue weighted by Gasteiger charge is 2.15. The molecule has 0 radical (unpaired) electrons. The van der Waals surface area contributed by atoms with Gasteiger partial charge in [-0.05, 0) is 44.1 Å². The molecule has 90 valence electrons. The van der Waals surface area contributed by atoms with Crippen LogP contribution in [0.4, 0.5) is 5.95 Å². The second-order valence-corrected chi connectivity index (χ2v) is 5.00. The molecule has 1 fully saturated rings. The molecule has 0 bridgehead atoms. The Morgan fingerprint density at radius 1 is 1.44 bits per heavy atom. The van der Waals surface area contributed by atoms with Crippen molar-refractivity contribution in [1.29, 1.82) is 0 Å². The van der Waals surface area contributed by atoms with Crippen LogP contribution in [-0.4, -0.2) is 39.3 Å². The van der Waals surface area contributed by atoms with Crippen molar-refractivity contribution < 1.29 is 0 Å². The first kappa shape index (κ1) is 11.6. The topological polar surface area (TPSA) is 62.9 Å². The van der Waals surface area contributed by atoms with Gasteiger partial charge in [0.05, 0.1) is 0 Å². The summed E-state index contributed by atoms with van der Waals surface area (Å²) in [5.41, 5.74) is 5.74. The highest BCUT2D eigenvalue weighted by molar-refractivity contribution is 7.71. The molecule has 1 aromatic rings. The molecule has 2 heterocycles. The molecule has 6 heteroatoms. The fraction of sp³-hybridized carbons (Fsp3) is 0.800. The third-order valence-corrected chi connectivity index (χ3v) is 3.36. The van der Waals surface area contributed by atoms with E-state index in [0.29, 0.717) is 16.6 Å². The lowest BCUT2D eigenvalue weighted by Crippen LogP contribution is -2.27. The predicted molar refractivity (Wildman–Crippen MR) is 66.7 cm³/mol. The summed E-state index contributed by atoms with van der Waals surface area (Å²) in [4.78, 5) is 2.50. The van der Waals surface area contributed by atoms with Crippen molar-refractivity contribution in [3.63, 3.8) is 0 Å². The van der Waals surface area contributed by atoms with E-state index in [1.54, 1.807) is 0 Å². The van der Waals surface area contributed by atoms with Crippen molar-refractivity contribution in [2.75, 3.05) is 25.4 Å². The smallest absolute Gasteiger partial charge is 0.220 e. The Labute approximate surface area is 101 Å². The fourth-order valence-electron chi connectivity index (χ4n) is 2.28. The number of nitrogen functional groups attached to an aromatic ring is 1. The van der Waals surface area contributed by atoms with E-state index in [4.69, 9.17) is 18.0 Å². The second kappa shape index (κ2) is 4.97. The normalized spacial score (nSPS) is 19.1. The molecule has 1 atom stereocenters. The summed E-state index contributed by atoms with van der Waals surface area (Å²) in [5, 5.41) is 6.62. The van der Waals surface area contributed by atoms with Crippen LogP contribution in [-0.2, 0) is 6.54 Å². The molecule has 1 aliphatic heterocycles. The fourth-order valence-corrected chi connectivity index (χ4v) is 2.50. The SMILES string of the molecule is CC(CN1CCCC1)Cn1c(N)n[nH]c1=S. The Morgan fingerprint density at radius 2 is 2.12 bits per heavy atom. The number of H-pyrrole nitrogens is 1. The summed E-state index contributed by atoms with van der Waals surface area (Å²) in [6.07, 6.45) is 2.67. The van der Waals surface area contributed by atoms with Gasteiger partial charge in [-0.25, -0.2) is 5.10 Å². The number of hydrogen-bond donors (Lipinski definition) is 2. The van der Waals surface area contributed by atoms with E-state index in [9.17, 15) is 0 Å². The molecule has 0 spiro atoms.